The number of nitrogens with zero attached hydrogens (tertiary/aromatic N) is 2. The van der Waals surface area contributed by atoms with E-state index in [-0.39, 0.29) is 0 Å². The SMILES string of the molecule is COc1ccc2c(c1)CCN(CC1CCN(S(=O)(=O)c3ccc4c(c3)CCO4)CC1)C2. The van der Waals surface area contributed by atoms with E-state index in [1.807, 2.05) is 6.07 Å². The van der Waals surface area contributed by atoms with E-state index in [4.69, 9.17) is 9.47 Å². The number of piperidine rings is 1. The van der Waals surface area contributed by atoms with E-state index in [9.17, 15) is 8.42 Å². The molecule has 3 aliphatic rings. The number of rotatable bonds is 5. The number of hydrogen-bond acceptors (Lipinski definition) is 5. The molecule has 0 unspecified atom stereocenters. The third-order valence-electron chi connectivity index (χ3n) is 6.89. The van der Waals surface area contributed by atoms with Crippen molar-refractivity contribution in [3.05, 3.63) is 53.1 Å². The second-order valence-corrected chi connectivity index (χ2v) is 10.8. The molecule has 1 fully saturated rings. The van der Waals surface area contributed by atoms with Crippen LogP contribution in [0.4, 0.5) is 0 Å². The number of ether oxygens (including phenoxy) is 2. The summed E-state index contributed by atoms with van der Waals surface area (Å²) in [5, 5.41) is 0. The fourth-order valence-corrected chi connectivity index (χ4v) is 6.56. The van der Waals surface area contributed by atoms with E-state index in [1.54, 1.807) is 29.6 Å². The molecule has 0 saturated carbocycles. The van der Waals surface area contributed by atoms with Gasteiger partial charge in [-0.05, 0) is 72.2 Å². The van der Waals surface area contributed by atoms with Crippen molar-refractivity contribution < 1.29 is 17.9 Å². The molecular weight excluding hydrogens is 412 g/mol. The lowest BCUT2D eigenvalue weighted by molar-refractivity contribution is 0.171. The number of methoxy groups -OCH3 is 1. The highest BCUT2D eigenvalue weighted by Gasteiger charge is 2.31. The minimum Gasteiger partial charge on any atom is -0.497 e. The average Bonchev–Trinajstić information content (AvgIpc) is 3.27. The van der Waals surface area contributed by atoms with Crippen LogP contribution in [0.3, 0.4) is 0 Å². The molecule has 3 aliphatic heterocycles. The number of fused-ring (bicyclic) bond motifs is 2. The highest BCUT2D eigenvalue weighted by atomic mass is 32.2. The monoisotopic (exact) mass is 442 g/mol. The van der Waals surface area contributed by atoms with Crippen LogP contribution in [0.1, 0.15) is 29.5 Å². The summed E-state index contributed by atoms with van der Waals surface area (Å²) in [6.07, 6.45) is 3.66. The molecule has 0 aliphatic carbocycles. The maximum atomic E-state index is 13.1. The van der Waals surface area contributed by atoms with E-state index >= 15 is 0 Å². The van der Waals surface area contributed by atoms with Crippen LogP contribution in [0, 0.1) is 5.92 Å². The summed E-state index contributed by atoms with van der Waals surface area (Å²) in [6.45, 7) is 4.89. The van der Waals surface area contributed by atoms with E-state index in [1.165, 1.54) is 11.1 Å². The van der Waals surface area contributed by atoms with Gasteiger partial charge >= 0.3 is 0 Å². The van der Waals surface area contributed by atoms with E-state index in [0.29, 0.717) is 30.5 Å². The smallest absolute Gasteiger partial charge is 0.243 e. The first-order chi connectivity index (χ1) is 15.0. The normalized spacial score (nSPS) is 20.2. The third-order valence-corrected chi connectivity index (χ3v) is 8.79. The minimum atomic E-state index is -3.43. The maximum absolute atomic E-state index is 13.1. The standard InChI is InChI=1S/C24H30N2O4S/c1-29-22-3-2-21-17-25(10-8-19(21)14-22)16-18-6-11-26(12-7-18)31(27,28)23-4-5-24-20(15-23)9-13-30-24/h2-5,14-15,18H,6-13,16-17H2,1H3. The largest absolute Gasteiger partial charge is 0.497 e. The molecule has 0 atom stereocenters. The van der Waals surface area contributed by atoms with Gasteiger partial charge in [0.05, 0.1) is 18.6 Å². The molecule has 0 bridgehead atoms. The van der Waals surface area contributed by atoms with Crippen LogP contribution in [0.2, 0.25) is 0 Å². The van der Waals surface area contributed by atoms with Crippen LogP contribution in [-0.4, -0.2) is 57.5 Å². The molecule has 0 amide bonds. The molecule has 7 heteroatoms. The Bertz CT molecular complexity index is 1060. The van der Waals surface area contributed by atoms with Crippen molar-refractivity contribution in [2.24, 2.45) is 5.92 Å². The van der Waals surface area contributed by atoms with Crippen molar-refractivity contribution in [1.29, 1.82) is 0 Å². The highest BCUT2D eigenvalue weighted by Crippen LogP contribution is 2.31. The summed E-state index contributed by atoms with van der Waals surface area (Å²) < 4.78 is 38.8. The molecule has 3 heterocycles. The first kappa shape index (κ1) is 20.8. The van der Waals surface area contributed by atoms with Gasteiger partial charge in [-0.2, -0.15) is 4.31 Å². The van der Waals surface area contributed by atoms with Crippen molar-refractivity contribution in [3.8, 4) is 11.5 Å². The molecule has 0 aromatic heterocycles. The predicted octanol–water partition coefficient (Wildman–Crippen LogP) is 3.09. The zero-order valence-electron chi connectivity index (χ0n) is 18.0. The molecule has 31 heavy (non-hydrogen) atoms. The fraction of sp³-hybridized carbons (Fsp3) is 0.500. The Morgan fingerprint density at radius 2 is 1.84 bits per heavy atom. The van der Waals surface area contributed by atoms with Crippen molar-refractivity contribution in [2.45, 2.75) is 37.1 Å². The Kier molecular flexibility index (Phi) is 5.67. The molecule has 0 spiro atoms. The lowest BCUT2D eigenvalue weighted by Crippen LogP contribution is -2.42. The Labute approximate surface area is 184 Å². The van der Waals surface area contributed by atoms with Crippen molar-refractivity contribution in [2.75, 3.05) is 39.9 Å². The third kappa shape index (κ3) is 4.19. The zero-order valence-corrected chi connectivity index (χ0v) is 18.9. The minimum absolute atomic E-state index is 0.401. The Hall–Kier alpha value is -2.09. The van der Waals surface area contributed by atoms with Crippen LogP contribution in [-0.2, 0) is 29.4 Å². The molecule has 0 radical (unpaired) electrons. The Balaban J connectivity index is 1.18. The Morgan fingerprint density at radius 1 is 1.00 bits per heavy atom. The molecule has 1 saturated heterocycles. The molecular formula is C24H30N2O4S. The van der Waals surface area contributed by atoms with Crippen LogP contribution >= 0.6 is 0 Å². The van der Waals surface area contributed by atoms with E-state index in [0.717, 1.165) is 62.4 Å². The van der Waals surface area contributed by atoms with Crippen molar-refractivity contribution >= 4 is 10.0 Å². The summed E-state index contributed by atoms with van der Waals surface area (Å²) >= 11 is 0. The molecule has 6 nitrogen and oxygen atoms in total. The van der Waals surface area contributed by atoms with Gasteiger partial charge in [0.25, 0.3) is 0 Å². The number of benzene rings is 2. The van der Waals surface area contributed by atoms with Crippen LogP contribution in [0.5, 0.6) is 11.5 Å². The summed E-state index contributed by atoms with van der Waals surface area (Å²) in [5.74, 6) is 2.29. The number of hydrogen-bond donors (Lipinski definition) is 0. The van der Waals surface area contributed by atoms with Crippen LogP contribution in [0.15, 0.2) is 41.3 Å². The van der Waals surface area contributed by atoms with Crippen LogP contribution < -0.4 is 9.47 Å². The zero-order chi connectivity index (χ0) is 21.4. The topological polar surface area (TPSA) is 59.1 Å². The first-order valence-corrected chi connectivity index (χ1v) is 12.6. The van der Waals surface area contributed by atoms with Crippen LogP contribution in [0.25, 0.3) is 0 Å². The van der Waals surface area contributed by atoms with Gasteiger partial charge in [0, 0.05) is 39.1 Å². The average molecular weight is 443 g/mol. The van der Waals surface area contributed by atoms with Crippen molar-refractivity contribution in [1.82, 2.24) is 9.21 Å². The van der Waals surface area contributed by atoms with E-state index in [2.05, 4.69) is 17.0 Å². The van der Waals surface area contributed by atoms with Gasteiger partial charge in [0.15, 0.2) is 0 Å². The molecule has 5 rings (SSSR count). The molecule has 0 N–H and O–H groups in total. The van der Waals surface area contributed by atoms with Gasteiger partial charge in [-0.3, -0.25) is 4.90 Å². The van der Waals surface area contributed by atoms with Gasteiger partial charge in [-0.1, -0.05) is 6.07 Å². The molecule has 166 valence electrons. The maximum Gasteiger partial charge on any atom is 0.243 e. The van der Waals surface area contributed by atoms with Crippen molar-refractivity contribution in [3.63, 3.8) is 0 Å². The molecule has 2 aromatic rings. The summed E-state index contributed by atoms with van der Waals surface area (Å²) in [5.41, 5.74) is 3.77. The summed E-state index contributed by atoms with van der Waals surface area (Å²) in [4.78, 5) is 2.92. The first-order valence-electron chi connectivity index (χ1n) is 11.2. The molecule has 2 aromatic carbocycles. The fourth-order valence-electron chi connectivity index (χ4n) is 5.04. The summed E-state index contributed by atoms with van der Waals surface area (Å²) in [6, 6.07) is 11.6. The Morgan fingerprint density at radius 3 is 2.65 bits per heavy atom. The highest BCUT2D eigenvalue weighted by molar-refractivity contribution is 7.89. The lowest BCUT2D eigenvalue weighted by Gasteiger charge is -2.36. The predicted molar refractivity (Wildman–Crippen MR) is 119 cm³/mol. The second-order valence-electron chi connectivity index (χ2n) is 8.84. The summed E-state index contributed by atoms with van der Waals surface area (Å²) in [7, 11) is -1.72. The van der Waals surface area contributed by atoms with Gasteiger partial charge in [0.1, 0.15) is 11.5 Å². The van der Waals surface area contributed by atoms with Gasteiger partial charge in [-0.15, -0.1) is 0 Å². The second kappa shape index (κ2) is 8.45. The lowest BCUT2D eigenvalue weighted by atomic mass is 9.94. The number of sulfonamides is 1. The van der Waals surface area contributed by atoms with Gasteiger partial charge in [0.2, 0.25) is 10.0 Å². The van der Waals surface area contributed by atoms with E-state index < -0.39 is 10.0 Å². The van der Waals surface area contributed by atoms with Gasteiger partial charge in [-0.25, -0.2) is 8.42 Å². The van der Waals surface area contributed by atoms with Gasteiger partial charge < -0.3 is 9.47 Å². The quantitative estimate of drug-likeness (QED) is 0.712.